The van der Waals surface area contributed by atoms with Gasteiger partial charge in [-0.25, -0.2) is 0 Å². The summed E-state index contributed by atoms with van der Waals surface area (Å²) in [5, 5.41) is 72.4. The molecular weight excluding hydrogens is 981 g/mol. The normalized spacial score (nSPS) is 24.9. The lowest BCUT2D eigenvalue weighted by atomic mass is 9.98. The molecule has 77 heavy (non-hydrogen) atoms. The Morgan fingerprint density at radius 1 is 0.442 bits per heavy atom. The molecule has 2 heterocycles. The molecule has 14 heteroatoms. The second kappa shape index (κ2) is 49.0. The van der Waals surface area contributed by atoms with Crippen LogP contribution in [0.1, 0.15) is 206 Å². The molecule has 2 saturated heterocycles. The molecule has 2 fully saturated rings. The number of unbranched alkanes of at least 4 members (excludes halogenated alkanes) is 20. The fourth-order valence-electron chi connectivity index (χ4n) is 9.05. The first kappa shape index (κ1) is 70.3. The van der Waals surface area contributed by atoms with E-state index < -0.39 is 86.7 Å². The molecule has 2 rings (SSSR count). The number of esters is 1. The number of ether oxygens (including phenoxy) is 6. The van der Waals surface area contributed by atoms with E-state index in [1.807, 2.05) is 0 Å². The van der Waals surface area contributed by atoms with E-state index in [1.165, 1.54) is 89.9 Å². The zero-order valence-electron chi connectivity index (χ0n) is 47.7. The molecule has 2 aliphatic rings. The Kier molecular flexibility index (Phi) is 44.7. The summed E-state index contributed by atoms with van der Waals surface area (Å²) < 4.78 is 34.4. The molecule has 14 nitrogen and oxygen atoms in total. The van der Waals surface area contributed by atoms with Gasteiger partial charge in [-0.05, 0) is 89.9 Å². The second-order valence-electron chi connectivity index (χ2n) is 20.8. The lowest BCUT2D eigenvalue weighted by Gasteiger charge is -2.42. The van der Waals surface area contributed by atoms with Gasteiger partial charge < -0.3 is 64.2 Å². The van der Waals surface area contributed by atoms with E-state index in [-0.39, 0.29) is 19.6 Å². The van der Waals surface area contributed by atoms with Crippen molar-refractivity contribution in [3.05, 3.63) is 85.1 Å². The molecule has 11 atom stereocenters. The Morgan fingerprint density at radius 2 is 0.844 bits per heavy atom. The minimum Gasteiger partial charge on any atom is -0.457 e. The van der Waals surface area contributed by atoms with Crippen LogP contribution in [0.4, 0.5) is 0 Å². The number of allylic oxidation sites excluding steroid dienone is 14. The molecule has 0 radical (unpaired) electrons. The number of carbonyl (C=O) groups is 1. The van der Waals surface area contributed by atoms with Crippen molar-refractivity contribution in [2.45, 2.75) is 274 Å². The largest absolute Gasteiger partial charge is 0.457 e. The molecule has 11 unspecified atom stereocenters. The number of hydrogen-bond acceptors (Lipinski definition) is 14. The van der Waals surface area contributed by atoms with Crippen molar-refractivity contribution in [1.29, 1.82) is 0 Å². The van der Waals surface area contributed by atoms with Crippen LogP contribution < -0.4 is 0 Å². The van der Waals surface area contributed by atoms with Gasteiger partial charge in [-0.2, -0.15) is 0 Å². The van der Waals surface area contributed by atoms with Gasteiger partial charge >= 0.3 is 5.97 Å². The van der Waals surface area contributed by atoms with E-state index >= 15 is 0 Å². The zero-order chi connectivity index (χ0) is 55.8. The van der Waals surface area contributed by atoms with E-state index in [0.717, 1.165) is 89.9 Å². The lowest BCUT2D eigenvalue weighted by molar-refractivity contribution is -0.332. The topological polar surface area (TPSA) is 214 Å². The van der Waals surface area contributed by atoms with Crippen LogP contribution in [0.3, 0.4) is 0 Å². The predicted molar refractivity (Wildman–Crippen MR) is 307 cm³/mol. The first-order chi connectivity index (χ1) is 37.6. The van der Waals surface area contributed by atoms with Gasteiger partial charge in [0.1, 0.15) is 54.9 Å². The van der Waals surface area contributed by atoms with Crippen LogP contribution in [0.15, 0.2) is 85.1 Å². The third-order valence-corrected chi connectivity index (χ3v) is 13.9. The van der Waals surface area contributed by atoms with Crippen molar-refractivity contribution in [1.82, 2.24) is 0 Å². The highest BCUT2D eigenvalue weighted by atomic mass is 16.7. The fraction of sp³-hybridized carbons (Fsp3) is 0.762. The molecule has 0 aromatic carbocycles. The molecule has 0 saturated carbocycles. The van der Waals surface area contributed by atoms with Crippen molar-refractivity contribution in [3.8, 4) is 0 Å². The fourth-order valence-corrected chi connectivity index (χ4v) is 9.05. The maximum Gasteiger partial charge on any atom is 0.306 e. The molecule has 0 spiro atoms. The summed E-state index contributed by atoms with van der Waals surface area (Å²) in [6, 6.07) is 0. The maximum atomic E-state index is 13.1. The molecular formula is C63H108O14. The molecule has 0 bridgehead atoms. The van der Waals surface area contributed by atoms with E-state index in [9.17, 15) is 40.5 Å². The summed E-state index contributed by atoms with van der Waals surface area (Å²) in [4.78, 5) is 13.1. The molecule has 7 N–H and O–H groups in total. The number of rotatable bonds is 48. The van der Waals surface area contributed by atoms with Gasteiger partial charge in [0.2, 0.25) is 0 Å². The summed E-state index contributed by atoms with van der Waals surface area (Å²) in [6.07, 6.45) is 47.8. The Balaban J connectivity index is 1.72. The summed E-state index contributed by atoms with van der Waals surface area (Å²) >= 11 is 0. The third kappa shape index (κ3) is 35.5. The van der Waals surface area contributed by atoms with E-state index in [4.69, 9.17) is 28.4 Å². The van der Waals surface area contributed by atoms with Gasteiger partial charge in [-0.15, -0.1) is 0 Å². The molecule has 2 aliphatic heterocycles. The van der Waals surface area contributed by atoms with Gasteiger partial charge in [0.25, 0.3) is 0 Å². The predicted octanol–water partition coefficient (Wildman–Crippen LogP) is 11.2. The smallest absolute Gasteiger partial charge is 0.306 e. The summed E-state index contributed by atoms with van der Waals surface area (Å²) in [7, 11) is 0. The Labute approximate surface area is 465 Å². The average molecular weight is 1090 g/mol. The van der Waals surface area contributed by atoms with Crippen LogP contribution in [0.25, 0.3) is 0 Å². The minimum atomic E-state index is -1.72. The number of hydrogen-bond donors (Lipinski definition) is 7. The van der Waals surface area contributed by atoms with Gasteiger partial charge in [-0.3, -0.25) is 4.79 Å². The van der Waals surface area contributed by atoms with E-state index in [0.29, 0.717) is 13.0 Å². The van der Waals surface area contributed by atoms with Crippen molar-refractivity contribution in [2.24, 2.45) is 0 Å². The first-order valence-electron chi connectivity index (χ1n) is 30.2. The Hall–Kier alpha value is -2.83. The number of aliphatic hydroxyl groups excluding tert-OH is 7. The number of carbonyl (C=O) groups excluding carboxylic acids is 1. The molecule has 0 aromatic rings. The molecule has 0 aromatic heterocycles. The van der Waals surface area contributed by atoms with Crippen LogP contribution in [-0.2, 0) is 33.2 Å². The number of aliphatic hydroxyl groups is 7. The van der Waals surface area contributed by atoms with Crippen molar-refractivity contribution in [2.75, 3.05) is 33.0 Å². The quantitative estimate of drug-likeness (QED) is 0.0172. The highest BCUT2D eigenvalue weighted by molar-refractivity contribution is 5.69. The average Bonchev–Trinajstić information content (AvgIpc) is 3.43. The highest BCUT2D eigenvalue weighted by Crippen LogP contribution is 2.26. The van der Waals surface area contributed by atoms with Gasteiger partial charge in [-0.1, -0.05) is 195 Å². The Bertz CT molecular complexity index is 1590. The standard InChI is InChI=1S/C63H108O14/c1-3-5-7-9-11-13-15-17-19-21-23-25-27-29-31-33-35-37-39-41-43-45-47-72-49-52(50-73-62-61(71)59(69)57(67)54(77-62)51-74-63-60(70)58(68)56(66)53(48-64)76-63)75-55(65)46-44-42-40-38-36-34-32-30-28-26-24-22-20-18-16-14-12-10-8-6-4-2/h6,8,12,14-15,17-18,20-21,23-24,26-27,29,52-54,56-64,66-71H,3-5,7,9-11,13,16,19,22,25,28,30-51H2,1-2H3/b8-6-,14-12-,17-15-,20-18-,23-21-,26-24-,29-27-. The van der Waals surface area contributed by atoms with E-state index in [2.05, 4.69) is 98.9 Å². The van der Waals surface area contributed by atoms with Gasteiger partial charge in [0, 0.05) is 13.0 Å². The van der Waals surface area contributed by atoms with Crippen LogP contribution in [0, 0.1) is 0 Å². The van der Waals surface area contributed by atoms with Crippen molar-refractivity contribution < 1.29 is 69.0 Å². The highest BCUT2D eigenvalue weighted by Gasteiger charge is 2.47. The maximum absolute atomic E-state index is 13.1. The van der Waals surface area contributed by atoms with Crippen LogP contribution >= 0.6 is 0 Å². The van der Waals surface area contributed by atoms with Gasteiger partial charge in [0.05, 0.1) is 26.4 Å². The monoisotopic (exact) mass is 1090 g/mol. The zero-order valence-corrected chi connectivity index (χ0v) is 47.7. The molecule has 0 amide bonds. The van der Waals surface area contributed by atoms with Gasteiger partial charge in [0.15, 0.2) is 12.6 Å². The molecule has 444 valence electrons. The van der Waals surface area contributed by atoms with Crippen LogP contribution in [0.2, 0.25) is 0 Å². The minimum absolute atomic E-state index is 0.0469. The van der Waals surface area contributed by atoms with Crippen molar-refractivity contribution in [3.63, 3.8) is 0 Å². The van der Waals surface area contributed by atoms with Crippen molar-refractivity contribution >= 4 is 5.97 Å². The molecule has 0 aliphatic carbocycles. The van der Waals surface area contributed by atoms with E-state index in [1.54, 1.807) is 0 Å². The first-order valence-corrected chi connectivity index (χ1v) is 30.2. The third-order valence-electron chi connectivity index (χ3n) is 13.9. The summed E-state index contributed by atoms with van der Waals surface area (Å²) in [5.74, 6) is -0.390. The van der Waals surface area contributed by atoms with Crippen LogP contribution in [0.5, 0.6) is 0 Å². The second-order valence-corrected chi connectivity index (χ2v) is 20.8. The summed E-state index contributed by atoms with van der Waals surface area (Å²) in [6.45, 7) is 3.53. The Morgan fingerprint density at radius 3 is 1.32 bits per heavy atom. The lowest BCUT2D eigenvalue weighted by Crippen LogP contribution is -2.61. The SMILES string of the molecule is CC/C=C\C/C=C\C/C=C\C/C=C\CCCCCCCCCCC(=O)OC(COCCCCCCCCC/C=C\C/C=C\C/C=C\CCCCCCC)COC1OC(COC2OC(CO)C(O)C(O)C2O)C(O)C(O)C1O. The van der Waals surface area contributed by atoms with Crippen LogP contribution in [-0.4, -0.2) is 142 Å². The summed E-state index contributed by atoms with van der Waals surface area (Å²) in [5.41, 5.74) is 0.